The molecule has 34 heavy (non-hydrogen) atoms. The van der Waals surface area contributed by atoms with Crippen LogP contribution in [0.3, 0.4) is 0 Å². The van der Waals surface area contributed by atoms with Gasteiger partial charge in [-0.05, 0) is 26.8 Å². The van der Waals surface area contributed by atoms with Crippen LogP contribution in [0, 0.1) is 6.92 Å². The largest absolute Gasteiger partial charge is 0.301 e. The lowest BCUT2D eigenvalue weighted by Gasteiger charge is -2.13. The second-order valence-corrected chi connectivity index (χ2v) is 10.9. The van der Waals surface area contributed by atoms with Crippen LogP contribution in [-0.2, 0) is 4.79 Å². The van der Waals surface area contributed by atoms with Crippen LogP contribution in [0.4, 0.5) is 5.13 Å². The Morgan fingerprint density at radius 2 is 1.85 bits per heavy atom. The van der Waals surface area contributed by atoms with Crippen LogP contribution in [0.1, 0.15) is 25.5 Å². The van der Waals surface area contributed by atoms with Crippen LogP contribution in [-0.4, -0.2) is 31.4 Å². The molecule has 0 saturated carbocycles. The number of thiazole rings is 1. The summed E-state index contributed by atoms with van der Waals surface area (Å²) in [5.74, 6) is 0.947. The summed E-state index contributed by atoms with van der Waals surface area (Å²) in [6.07, 6.45) is 0. The fraction of sp³-hybridized carbons (Fsp3) is 0.200. The zero-order valence-electron chi connectivity index (χ0n) is 19.0. The fourth-order valence-electron chi connectivity index (χ4n) is 3.65. The first kappa shape index (κ1) is 22.8. The number of fused-ring (bicyclic) bond motifs is 1. The number of rotatable bonds is 7. The number of aryl methyl sites for hydroxylation is 1. The van der Waals surface area contributed by atoms with Crippen molar-refractivity contribution in [1.82, 2.24) is 19.7 Å². The molecule has 0 atom stereocenters. The summed E-state index contributed by atoms with van der Waals surface area (Å²) in [6.45, 7) is 6.27. The minimum absolute atomic E-state index is 0.115. The normalized spacial score (nSPS) is 11.4. The molecule has 0 spiro atoms. The topological polar surface area (TPSA) is 72.7 Å². The van der Waals surface area contributed by atoms with Crippen LogP contribution >= 0.6 is 34.4 Å². The fourth-order valence-corrected chi connectivity index (χ4v) is 6.19. The lowest BCUT2D eigenvalue weighted by Crippen LogP contribution is -2.15. The lowest BCUT2D eigenvalue weighted by molar-refractivity contribution is -0.113. The number of carbonyl (C=O) groups is 1. The monoisotopic (exact) mass is 505 g/mol. The van der Waals surface area contributed by atoms with Gasteiger partial charge in [-0.3, -0.25) is 9.36 Å². The molecule has 3 aromatic heterocycles. The summed E-state index contributed by atoms with van der Waals surface area (Å²) in [5, 5.41) is 18.4. The molecule has 5 rings (SSSR count). The maximum atomic E-state index is 12.6. The second kappa shape index (κ2) is 9.69. The molecule has 0 aliphatic heterocycles. The van der Waals surface area contributed by atoms with Crippen molar-refractivity contribution in [3.63, 3.8) is 0 Å². The number of anilines is 1. The number of carbonyl (C=O) groups excluding carboxylic acids is 1. The summed E-state index contributed by atoms with van der Waals surface area (Å²) >= 11 is 4.52. The van der Waals surface area contributed by atoms with Gasteiger partial charge in [-0.1, -0.05) is 59.8 Å². The Hall–Kier alpha value is -3.01. The molecular formula is C25H23N5OS3. The maximum absolute atomic E-state index is 12.6. The van der Waals surface area contributed by atoms with Gasteiger partial charge in [0.25, 0.3) is 0 Å². The van der Waals surface area contributed by atoms with Crippen molar-refractivity contribution in [2.75, 3.05) is 11.1 Å². The van der Waals surface area contributed by atoms with Crippen LogP contribution in [0.25, 0.3) is 32.7 Å². The van der Waals surface area contributed by atoms with E-state index in [2.05, 4.69) is 75.5 Å². The predicted octanol–water partition coefficient (Wildman–Crippen LogP) is 6.90. The average Bonchev–Trinajstić information content (AvgIpc) is 3.56. The molecule has 1 amide bonds. The van der Waals surface area contributed by atoms with Gasteiger partial charge in [-0.25, -0.2) is 4.98 Å². The van der Waals surface area contributed by atoms with Crippen LogP contribution in [0.5, 0.6) is 0 Å². The smallest absolute Gasteiger partial charge is 0.236 e. The Morgan fingerprint density at radius 3 is 2.65 bits per heavy atom. The molecule has 2 aromatic carbocycles. The number of hydrogen-bond acceptors (Lipinski definition) is 7. The standard InChI is InChI=1S/C25H23N5OS3/c1-15(2)30-23(19-12-32-21-7-5-4-6-18(19)21)28-29-25(30)34-14-22(31)27-24-26-20(13-33-24)17-10-8-16(3)9-11-17/h4-13,15H,14H2,1-3H3,(H,26,27,31). The molecule has 0 radical (unpaired) electrons. The highest BCUT2D eigenvalue weighted by Gasteiger charge is 2.20. The van der Waals surface area contributed by atoms with Crippen LogP contribution in [0.2, 0.25) is 0 Å². The zero-order valence-corrected chi connectivity index (χ0v) is 21.4. The van der Waals surface area contributed by atoms with Gasteiger partial charge < -0.3 is 5.32 Å². The van der Waals surface area contributed by atoms with Crippen molar-refractivity contribution >= 4 is 55.6 Å². The van der Waals surface area contributed by atoms with Crippen molar-refractivity contribution in [1.29, 1.82) is 0 Å². The first-order valence-corrected chi connectivity index (χ1v) is 13.6. The highest BCUT2D eigenvalue weighted by molar-refractivity contribution is 7.99. The van der Waals surface area contributed by atoms with Gasteiger partial charge in [0.2, 0.25) is 5.91 Å². The van der Waals surface area contributed by atoms with E-state index in [4.69, 9.17) is 0 Å². The van der Waals surface area contributed by atoms with E-state index >= 15 is 0 Å². The summed E-state index contributed by atoms with van der Waals surface area (Å²) < 4.78 is 3.32. The first-order valence-electron chi connectivity index (χ1n) is 10.9. The molecule has 5 aromatic rings. The second-order valence-electron chi connectivity index (χ2n) is 8.16. The van der Waals surface area contributed by atoms with Crippen molar-refractivity contribution < 1.29 is 4.79 Å². The van der Waals surface area contributed by atoms with Crippen molar-refractivity contribution in [3.8, 4) is 22.6 Å². The lowest BCUT2D eigenvalue weighted by atomic mass is 10.1. The van der Waals surface area contributed by atoms with Gasteiger partial charge in [-0.15, -0.1) is 32.9 Å². The van der Waals surface area contributed by atoms with Gasteiger partial charge in [-0.2, -0.15) is 0 Å². The molecule has 172 valence electrons. The number of nitrogens with one attached hydrogen (secondary N) is 1. The minimum atomic E-state index is -0.115. The third kappa shape index (κ3) is 4.64. The van der Waals surface area contributed by atoms with Gasteiger partial charge in [0.15, 0.2) is 16.1 Å². The summed E-state index contributed by atoms with van der Waals surface area (Å²) in [5.41, 5.74) is 4.18. The van der Waals surface area contributed by atoms with E-state index in [0.29, 0.717) is 5.13 Å². The third-order valence-corrected chi connectivity index (χ3v) is 8.00. The number of amides is 1. The number of thiophene rings is 1. The van der Waals surface area contributed by atoms with Crippen molar-refractivity contribution in [2.24, 2.45) is 0 Å². The third-order valence-electron chi connectivity index (χ3n) is 5.33. The molecular weight excluding hydrogens is 483 g/mol. The number of aromatic nitrogens is 4. The quantitative estimate of drug-likeness (QED) is 0.244. The Morgan fingerprint density at radius 1 is 1.06 bits per heavy atom. The molecule has 0 fully saturated rings. The number of nitrogens with zero attached hydrogens (tertiary/aromatic N) is 4. The van der Waals surface area contributed by atoms with E-state index in [-0.39, 0.29) is 17.7 Å². The van der Waals surface area contributed by atoms with E-state index < -0.39 is 0 Å². The number of hydrogen-bond donors (Lipinski definition) is 1. The molecule has 9 heteroatoms. The highest BCUT2D eigenvalue weighted by atomic mass is 32.2. The number of benzene rings is 2. The molecule has 3 heterocycles. The Labute approximate surface area is 210 Å². The Kier molecular flexibility index (Phi) is 6.49. The van der Waals surface area contributed by atoms with E-state index in [1.165, 1.54) is 38.7 Å². The molecule has 0 saturated heterocycles. The first-order chi connectivity index (χ1) is 16.5. The molecule has 0 unspecified atom stereocenters. The number of thioether (sulfide) groups is 1. The van der Waals surface area contributed by atoms with Gasteiger partial charge in [0.05, 0.1) is 11.4 Å². The van der Waals surface area contributed by atoms with Gasteiger partial charge in [0, 0.05) is 38.0 Å². The minimum Gasteiger partial charge on any atom is -0.301 e. The van der Waals surface area contributed by atoms with Gasteiger partial charge in [0.1, 0.15) is 0 Å². The zero-order chi connectivity index (χ0) is 23.7. The maximum Gasteiger partial charge on any atom is 0.236 e. The molecule has 0 aliphatic rings. The van der Waals surface area contributed by atoms with Crippen LogP contribution in [0.15, 0.2) is 64.4 Å². The Bertz CT molecular complexity index is 1450. The molecule has 6 nitrogen and oxygen atoms in total. The molecule has 0 bridgehead atoms. The van der Waals surface area contributed by atoms with Crippen molar-refractivity contribution in [3.05, 3.63) is 64.9 Å². The van der Waals surface area contributed by atoms with E-state index in [1.807, 2.05) is 29.6 Å². The van der Waals surface area contributed by atoms with Crippen molar-refractivity contribution in [2.45, 2.75) is 32.0 Å². The van der Waals surface area contributed by atoms with Crippen LogP contribution < -0.4 is 5.32 Å². The summed E-state index contributed by atoms with van der Waals surface area (Å²) in [7, 11) is 0. The average molecular weight is 506 g/mol. The van der Waals surface area contributed by atoms with Gasteiger partial charge >= 0.3 is 0 Å². The van der Waals surface area contributed by atoms with E-state index in [0.717, 1.165) is 27.8 Å². The predicted molar refractivity (Wildman–Crippen MR) is 143 cm³/mol. The Balaban J connectivity index is 1.29. The van der Waals surface area contributed by atoms with E-state index in [1.54, 1.807) is 11.3 Å². The molecule has 1 N–H and O–H groups in total. The highest BCUT2D eigenvalue weighted by Crippen LogP contribution is 2.36. The van der Waals surface area contributed by atoms with E-state index in [9.17, 15) is 4.79 Å². The SMILES string of the molecule is Cc1ccc(-c2csc(NC(=O)CSc3nnc(-c4csc5ccccc45)n3C(C)C)n2)cc1. The summed E-state index contributed by atoms with van der Waals surface area (Å²) in [6, 6.07) is 16.7. The summed E-state index contributed by atoms with van der Waals surface area (Å²) in [4.78, 5) is 17.2. The molecule has 0 aliphatic carbocycles.